The standard InChI is InChI=1S/C14H15N3O2/c1-9-5-4-8-12-15-16-13(17(9)12)10-6-2-3-7-11(10)14(18)19/h2-3,6-7,9H,4-5,8H2,1H3,(H,18,19). The molecule has 0 saturated heterocycles. The van der Waals surface area contributed by atoms with Crippen molar-refractivity contribution < 1.29 is 9.90 Å². The fourth-order valence-electron chi connectivity index (χ4n) is 2.69. The number of aryl methyl sites for hydroxylation is 1. The van der Waals surface area contributed by atoms with E-state index < -0.39 is 5.97 Å². The Morgan fingerprint density at radius 2 is 2.16 bits per heavy atom. The van der Waals surface area contributed by atoms with E-state index in [1.807, 2.05) is 6.07 Å². The fraction of sp³-hybridized carbons (Fsp3) is 0.357. The van der Waals surface area contributed by atoms with Crippen molar-refractivity contribution in [3.63, 3.8) is 0 Å². The van der Waals surface area contributed by atoms with Gasteiger partial charge in [-0.3, -0.25) is 0 Å². The van der Waals surface area contributed by atoms with Crippen LogP contribution in [-0.2, 0) is 6.42 Å². The largest absolute Gasteiger partial charge is 0.478 e. The highest BCUT2D eigenvalue weighted by molar-refractivity contribution is 5.95. The molecule has 1 aromatic heterocycles. The van der Waals surface area contributed by atoms with Crippen LogP contribution in [0.3, 0.4) is 0 Å². The van der Waals surface area contributed by atoms with E-state index in [0.29, 0.717) is 17.4 Å². The summed E-state index contributed by atoms with van der Waals surface area (Å²) in [4.78, 5) is 11.3. The summed E-state index contributed by atoms with van der Waals surface area (Å²) in [6.07, 6.45) is 3.10. The van der Waals surface area contributed by atoms with Crippen molar-refractivity contribution in [1.82, 2.24) is 14.8 Å². The zero-order chi connectivity index (χ0) is 13.4. The number of hydrogen-bond acceptors (Lipinski definition) is 3. The van der Waals surface area contributed by atoms with Gasteiger partial charge < -0.3 is 9.67 Å². The highest BCUT2D eigenvalue weighted by Gasteiger charge is 2.24. The average molecular weight is 257 g/mol. The van der Waals surface area contributed by atoms with E-state index in [-0.39, 0.29) is 5.56 Å². The molecule has 2 aromatic rings. The predicted molar refractivity (Wildman–Crippen MR) is 70.1 cm³/mol. The molecule has 0 spiro atoms. The Labute approximate surface area is 110 Å². The van der Waals surface area contributed by atoms with Crippen molar-refractivity contribution in [1.29, 1.82) is 0 Å². The number of nitrogens with zero attached hydrogens (tertiary/aromatic N) is 3. The van der Waals surface area contributed by atoms with Crippen LogP contribution in [0.4, 0.5) is 0 Å². The predicted octanol–water partition coefficient (Wildman–Crippen LogP) is 2.54. The number of fused-ring (bicyclic) bond motifs is 1. The summed E-state index contributed by atoms with van der Waals surface area (Å²) in [5.41, 5.74) is 0.915. The first kappa shape index (κ1) is 11.9. The minimum Gasteiger partial charge on any atom is -0.478 e. The molecule has 1 atom stereocenters. The van der Waals surface area contributed by atoms with Crippen LogP contribution in [-0.4, -0.2) is 25.8 Å². The van der Waals surface area contributed by atoms with E-state index in [1.54, 1.807) is 18.2 Å². The Balaban J connectivity index is 2.18. The SMILES string of the molecule is CC1CCCc2nnc(-c3ccccc3C(=O)O)n21. The molecule has 98 valence electrons. The maximum absolute atomic E-state index is 11.3. The van der Waals surface area contributed by atoms with Gasteiger partial charge in [-0.05, 0) is 25.8 Å². The van der Waals surface area contributed by atoms with Gasteiger partial charge in [-0.15, -0.1) is 10.2 Å². The summed E-state index contributed by atoms with van der Waals surface area (Å²) in [7, 11) is 0. The van der Waals surface area contributed by atoms with Gasteiger partial charge in [0.15, 0.2) is 5.82 Å². The van der Waals surface area contributed by atoms with Gasteiger partial charge in [0.2, 0.25) is 0 Å². The number of hydrogen-bond donors (Lipinski definition) is 1. The van der Waals surface area contributed by atoms with Crippen molar-refractivity contribution >= 4 is 5.97 Å². The smallest absolute Gasteiger partial charge is 0.336 e. The van der Waals surface area contributed by atoms with Gasteiger partial charge in [-0.25, -0.2) is 4.79 Å². The Morgan fingerprint density at radius 3 is 2.95 bits per heavy atom. The Hall–Kier alpha value is -2.17. The molecule has 19 heavy (non-hydrogen) atoms. The minimum atomic E-state index is -0.934. The molecular formula is C14H15N3O2. The molecule has 0 fully saturated rings. The first-order chi connectivity index (χ1) is 9.18. The molecule has 0 radical (unpaired) electrons. The molecule has 5 heteroatoms. The van der Waals surface area contributed by atoms with E-state index in [4.69, 9.17) is 0 Å². The maximum atomic E-state index is 11.3. The molecular weight excluding hydrogens is 242 g/mol. The van der Waals surface area contributed by atoms with Crippen molar-refractivity contribution in [2.45, 2.75) is 32.2 Å². The van der Waals surface area contributed by atoms with Crippen LogP contribution in [0.2, 0.25) is 0 Å². The maximum Gasteiger partial charge on any atom is 0.336 e. The molecule has 5 nitrogen and oxygen atoms in total. The van der Waals surface area contributed by atoms with Gasteiger partial charge in [-0.1, -0.05) is 18.2 Å². The van der Waals surface area contributed by atoms with Crippen LogP contribution in [0.25, 0.3) is 11.4 Å². The summed E-state index contributed by atoms with van der Waals surface area (Å²) >= 11 is 0. The lowest BCUT2D eigenvalue weighted by Crippen LogP contribution is -2.16. The Morgan fingerprint density at radius 1 is 1.37 bits per heavy atom. The van der Waals surface area contributed by atoms with Crippen LogP contribution >= 0.6 is 0 Å². The molecule has 2 heterocycles. The summed E-state index contributed by atoms with van der Waals surface area (Å²) in [6.45, 7) is 2.12. The minimum absolute atomic E-state index is 0.274. The summed E-state index contributed by atoms with van der Waals surface area (Å²) in [6, 6.07) is 7.27. The van der Waals surface area contributed by atoms with Gasteiger partial charge in [0.25, 0.3) is 0 Å². The number of aromatic nitrogens is 3. The number of aromatic carboxylic acids is 1. The third-order valence-electron chi connectivity index (χ3n) is 3.63. The summed E-state index contributed by atoms with van der Waals surface area (Å²) in [5, 5.41) is 17.7. The van der Waals surface area contributed by atoms with Crippen LogP contribution < -0.4 is 0 Å². The zero-order valence-electron chi connectivity index (χ0n) is 10.7. The molecule has 1 N–H and O–H groups in total. The van der Waals surface area contributed by atoms with Crippen LogP contribution in [0.15, 0.2) is 24.3 Å². The van der Waals surface area contributed by atoms with Crippen LogP contribution in [0.1, 0.15) is 42.0 Å². The highest BCUT2D eigenvalue weighted by Crippen LogP contribution is 2.31. The summed E-state index contributed by atoms with van der Waals surface area (Å²) < 4.78 is 2.07. The van der Waals surface area contributed by atoms with Gasteiger partial charge in [0.1, 0.15) is 5.82 Å². The molecule has 0 amide bonds. The quantitative estimate of drug-likeness (QED) is 0.897. The van der Waals surface area contributed by atoms with Gasteiger partial charge >= 0.3 is 5.97 Å². The van der Waals surface area contributed by atoms with Crippen molar-refractivity contribution in [3.05, 3.63) is 35.7 Å². The van der Waals surface area contributed by atoms with Gasteiger partial charge in [0, 0.05) is 18.0 Å². The van der Waals surface area contributed by atoms with Gasteiger partial charge in [-0.2, -0.15) is 0 Å². The number of carboxylic acids is 1. The first-order valence-corrected chi connectivity index (χ1v) is 6.45. The van der Waals surface area contributed by atoms with Crippen LogP contribution in [0.5, 0.6) is 0 Å². The molecule has 1 aromatic carbocycles. The second-order valence-corrected chi connectivity index (χ2v) is 4.90. The second kappa shape index (κ2) is 4.50. The Kier molecular flexibility index (Phi) is 2.81. The van der Waals surface area contributed by atoms with E-state index in [9.17, 15) is 9.90 Å². The molecule has 1 aliphatic heterocycles. The van der Waals surface area contributed by atoms with Crippen molar-refractivity contribution in [2.75, 3.05) is 0 Å². The first-order valence-electron chi connectivity index (χ1n) is 6.45. The van der Waals surface area contributed by atoms with E-state index in [1.165, 1.54) is 0 Å². The van der Waals surface area contributed by atoms with Crippen molar-refractivity contribution in [3.8, 4) is 11.4 Å². The van der Waals surface area contributed by atoms with Crippen molar-refractivity contribution in [2.24, 2.45) is 0 Å². The van der Waals surface area contributed by atoms with E-state index >= 15 is 0 Å². The molecule has 1 aliphatic rings. The van der Waals surface area contributed by atoms with E-state index in [0.717, 1.165) is 25.1 Å². The topological polar surface area (TPSA) is 68.0 Å². The third kappa shape index (κ3) is 1.91. The lowest BCUT2D eigenvalue weighted by molar-refractivity contribution is 0.0697. The lowest BCUT2D eigenvalue weighted by Gasteiger charge is -2.22. The van der Waals surface area contributed by atoms with E-state index in [2.05, 4.69) is 21.7 Å². The number of benzene rings is 1. The number of carbonyl (C=O) groups is 1. The normalized spacial score (nSPS) is 18.1. The van der Waals surface area contributed by atoms with Crippen LogP contribution in [0, 0.1) is 0 Å². The third-order valence-corrected chi connectivity index (χ3v) is 3.63. The highest BCUT2D eigenvalue weighted by atomic mass is 16.4. The monoisotopic (exact) mass is 257 g/mol. The second-order valence-electron chi connectivity index (χ2n) is 4.90. The number of carboxylic acid groups (broad SMARTS) is 1. The number of rotatable bonds is 2. The average Bonchev–Trinajstić information content (AvgIpc) is 2.84. The molecule has 3 rings (SSSR count). The summed E-state index contributed by atoms with van der Waals surface area (Å²) in [5.74, 6) is 0.686. The zero-order valence-corrected chi connectivity index (χ0v) is 10.7. The molecule has 0 aliphatic carbocycles. The Bertz CT molecular complexity index is 633. The van der Waals surface area contributed by atoms with Gasteiger partial charge in [0.05, 0.1) is 5.56 Å². The molecule has 0 bridgehead atoms. The molecule has 1 unspecified atom stereocenters. The lowest BCUT2D eigenvalue weighted by atomic mass is 10.0. The molecule has 0 saturated carbocycles. The fourth-order valence-corrected chi connectivity index (χ4v) is 2.69.